The van der Waals surface area contributed by atoms with E-state index in [4.69, 9.17) is 4.42 Å². The fourth-order valence-corrected chi connectivity index (χ4v) is 2.55. The number of nitrogens with zero attached hydrogens (tertiary/aromatic N) is 3. The molecule has 5 nitrogen and oxygen atoms in total. The molecule has 2 aromatic heterocycles. The molecule has 19 heavy (non-hydrogen) atoms. The minimum atomic E-state index is 0.624. The van der Waals surface area contributed by atoms with E-state index in [0.29, 0.717) is 5.22 Å². The van der Waals surface area contributed by atoms with Gasteiger partial charge in [0.05, 0.1) is 5.69 Å². The molecule has 102 valence electrons. The SMILES string of the molecule is CCNc1nc(C)nc(Sc2nc(C)c(C)o2)c1C. The minimum Gasteiger partial charge on any atom is -0.436 e. The minimum absolute atomic E-state index is 0.624. The molecule has 0 spiro atoms. The normalized spacial score (nSPS) is 10.8. The molecule has 0 saturated carbocycles. The molecule has 0 aliphatic heterocycles. The van der Waals surface area contributed by atoms with E-state index in [1.165, 1.54) is 11.8 Å². The molecular weight excluding hydrogens is 260 g/mol. The van der Waals surface area contributed by atoms with E-state index in [1.807, 2.05) is 34.6 Å². The van der Waals surface area contributed by atoms with Gasteiger partial charge in [0.15, 0.2) is 0 Å². The first-order valence-corrected chi connectivity index (χ1v) is 7.04. The van der Waals surface area contributed by atoms with Gasteiger partial charge in [-0.3, -0.25) is 0 Å². The van der Waals surface area contributed by atoms with Crippen molar-refractivity contribution in [1.29, 1.82) is 0 Å². The van der Waals surface area contributed by atoms with Crippen molar-refractivity contribution in [3.05, 3.63) is 22.8 Å². The summed E-state index contributed by atoms with van der Waals surface area (Å²) < 4.78 is 5.58. The Balaban J connectivity index is 2.34. The molecule has 0 bridgehead atoms. The number of anilines is 1. The Morgan fingerprint density at radius 3 is 2.42 bits per heavy atom. The number of rotatable bonds is 4. The zero-order valence-electron chi connectivity index (χ0n) is 11.9. The van der Waals surface area contributed by atoms with Gasteiger partial charge in [-0.25, -0.2) is 15.0 Å². The average Bonchev–Trinajstić information content (AvgIpc) is 2.65. The first-order chi connectivity index (χ1) is 9.01. The highest BCUT2D eigenvalue weighted by atomic mass is 32.2. The molecule has 0 atom stereocenters. The lowest BCUT2D eigenvalue weighted by Gasteiger charge is -2.10. The molecule has 0 aliphatic rings. The van der Waals surface area contributed by atoms with Crippen molar-refractivity contribution in [2.45, 2.75) is 44.9 Å². The average molecular weight is 278 g/mol. The maximum absolute atomic E-state index is 5.58. The summed E-state index contributed by atoms with van der Waals surface area (Å²) in [5, 5.41) is 4.75. The number of aromatic nitrogens is 3. The molecule has 2 rings (SSSR count). The summed E-state index contributed by atoms with van der Waals surface area (Å²) in [5.41, 5.74) is 1.93. The Labute approximate surface area is 117 Å². The summed E-state index contributed by atoms with van der Waals surface area (Å²) in [6.45, 7) is 10.6. The molecule has 0 fully saturated rings. The number of nitrogens with one attached hydrogen (secondary N) is 1. The van der Waals surface area contributed by atoms with Crippen LogP contribution in [0, 0.1) is 27.7 Å². The Kier molecular flexibility index (Phi) is 4.09. The van der Waals surface area contributed by atoms with Crippen LogP contribution in [0.3, 0.4) is 0 Å². The maximum atomic E-state index is 5.58. The quantitative estimate of drug-likeness (QED) is 0.866. The summed E-state index contributed by atoms with van der Waals surface area (Å²) in [5.74, 6) is 2.46. The van der Waals surface area contributed by atoms with Crippen molar-refractivity contribution < 1.29 is 4.42 Å². The van der Waals surface area contributed by atoms with Gasteiger partial charge in [0.2, 0.25) is 0 Å². The van der Waals surface area contributed by atoms with Crippen molar-refractivity contribution in [3.8, 4) is 0 Å². The van der Waals surface area contributed by atoms with Crippen molar-refractivity contribution in [2.24, 2.45) is 0 Å². The molecule has 2 aromatic rings. The molecule has 0 saturated heterocycles. The zero-order valence-corrected chi connectivity index (χ0v) is 12.7. The third kappa shape index (κ3) is 3.07. The van der Waals surface area contributed by atoms with Crippen LogP contribution in [0.5, 0.6) is 0 Å². The topological polar surface area (TPSA) is 63.8 Å². The number of oxazole rings is 1. The Bertz CT molecular complexity index is 575. The Morgan fingerprint density at radius 1 is 1.11 bits per heavy atom. The summed E-state index contributed by atoms with van der Waals surface area (Å²) >= 11 is 1.43. The lowest BCUT2D eigenvalue weighted by atomic mass is 10.3. The number of hydrogen-bond donors (Lipinski definition) is 1. The molecule has 0 radical (unpaired) electrons. The number of hydrogen-bond acceptors (Lipinski definition) is 6. The van der Waals surface area contributed by atoms with Gasteiger partial charge < -0.3 is 9.73 Å². The molecule has 0 unspecified atom stereocenters. The van der Waals surface area contributed by atoms with E-state index in [9.17, 15) is 0 Å². The Morgan fingerprint density at radius 2 is 1.84 bits per heavy atom. The van der Waals surface area contributed by atoms with E-state index in [2.05, 4.69) is 20.3 Å². The molecule has 0 amide bonds. The van der Waals surface area contributed by atoms with Crippen LogP contribution in [0.4, 0.5) is 5.82 Å². The fourth-order valence-electron chi connectivity index (χ4n) is 1.61. The van der Waals surface area contributed by atoms with E-state index < -0.39 is 0 Å². The van der Waals surface area contributed by atoms with Crippen LogP contribution in [0.1, 0.15) is 29.8 Å². The highest BCUT2D eigenvalue weighted by Gasteiger charge is 2.14. The highest BCUT2D eigenvalue weighted by Crippen LogP contribution is 2.31. The van der Waals surface area contributed by atoms with Crippen LogP contribution in [-0.4, -0.2) is 21.5 Å². The lowest BCUT2D eigenvalue weighted by molar-refractivity contribution is 0.431. The second kappa shape index (κ2) is 5.61. The molecular formula is C13H18N4OS. The summed E-state index contributed by atoms with van der Waals surface area (Å²) in [4.78, 5) is 13.2. The van der Waals surface area contributed by atoms with Gasteiger partial charge in [0.25, 0.3) is 5.22 Å². The van der Waals surface area contributed by atoms with E-state index in [0.717, 1.165) is 40.2 Å². The molecule has 6 heteroatoms. The summed E-state index contributed by atoms with van der Waals surface area (Å²) in [6.07, 6.45) is 0. The first-order valence-electron chi connectivity index (χ1n) is 6.22. The van der Waals surface area contributed by atoms with Gasteiger partial charge >= 0.3 is 0 Å². The third-order valence-electron chi connectivity index (χ3n) is 2.75. The predicted molar refractivity (Wildman–Crippen MR) is 75.8 cm³/mol. The van der Waals surface area contributed by atoms with Gasteiger partial charge in [-0.2, -0.15) is 0 Å². The molecule has 0 aliphatic carbocycles. The monoisotopic (exact) mass is 278 g/mol. The standard InChI is InChI=1S/C13H18N4OS/c1-6-14-11-7(2)12(17-10(5)16-11)19-13-15-8(3)9(4)18-13/h6H2,1-5H3,(H,14,16,17). The molecule has 0 aromatic carbocycles. The largest absolute Gasteiger partial charge is 0.436 e. The maximum Gasteiger partial charge on any atom is 0.262 e. The summed E-state index contributed by atoms with van der Waals surface area (Å²) in [6, 6.07) is 0. The van der Waals surface area contributed by atoms with Crippen LogP contribution in [0.25, 0.3) is 0 Å². The summed E-state index contributed by atoms with van der Waals surface area (Å²) in [7, 11) is 0. The van der Waals surface area contributed by atoms with Crippen molar-refractivity contribution >= 4 is 17.6 Å². The van der Waals surface area contributed by atoms with Gasteiger partial charge in [0, 0.05) is 12.1 Å². The van der Waals surface area contributed by atoms with Crippen LogP contribution >= 0.6 is 11.8 Å². The van der Waals surface area contributed by atoms with Gasteiger partial charge in [0.1, 0.15) is 22.4 Å². The zero-order chi connectivity index (χ0) is 14.0. The second-order valence-electron chi connectivity index (χ2n) is 4.30. The van der Waals surface area contributed by atoms with Crippen molar-refractivity contribution in [3.63, 3.8) is 0 Å². The number of aryl methyl sites for hydroxylation is 3. The lowest BCUT2D eigenvalue weighted by Crippen LogP contribution is -2.05. The fraction of sp³-hybridized carbons (Fsp3) is 0.462. The van der Waals surface area contributed by atoms with E-state index in [1.54, 1.807) is 0 Å². The smallest absolute Gasteiger partial charge is 0.262 e. The van der Waals surface area contributed by atoms with Gasteiger partial charge in [-0.05, 0) is 46.4 Å². The first kappa shape index (κ1) is 13.9. The van der Waals surface area contributed by atoms with Crippen LogP contribution in [0.15, 0.2) is 14.7 Å². The van der Waals surface area contributed by atoms with Crippen LogP contribution in [0.2, 0.25) is 0 Å². The van der Waals surface area contributed by atoms with Crippen molar-refractivity contribution in [1.82, 2.24) is 15.0 Å². The predicted octanol–water partition coefficient (Wildman–Crippen LogP) is 3.28. The van der Waals surface area contributed by atoms with Crippen molar-refractivity contribution in [2.75, 3.05) is 11.9 Å². The van der Waals surface area contributed by atoms with Gasteiger partial charge in [-0.15, -0.1) is 0 Å². The van der Waals surface area contributed by atoms with Crippen LogP contribution < -0.4 is 5.32 Å². The van der Waals surface area contributed by atoms with Gasteiger partial charge in [-0.1, -0.05) is 0 Å². The molecule has 2 heterocycles. The van der Waals surface area contributed by atoms with E-state index >= 15 is 0 Å². The van der Waals surface area contributed by atoms with E-state index in [-0.39, 0.29) is 0 Å². The highest BCUT2D eigenvalue weighted by molar-refractivity contribution is 7.99. The Hall–Kier alpha value is -1.56. The molecule has 1 N–H and O–H groups in total. The third-order valence-corrected chi connectivity index (χ3v) is 3.69. The second-order valence-corrected chi connectivity index (χ2v) is 5.24. The van der Waals surface area contributed by atoms with Crippen LogP contribution in [-0.2, 0) is 0 Å².